The molecule has 0 spiro atoms. The van der Waals surface area contributed by atoms with Crippen molar-refractivity contribution in [3.8, 4) is 5.69 Å². The van der Waals surface area contributed by atoms with Crippen LogP contribution < -0.4 is 10.6 Å². The quantitative estimate of drug-likeness (QED) is 0.652. The number of benzene rings is 1. The lowest BCUT2D eigenvalue weighted by atomic mass is 10.2. The SMILES string of the molecule is CN=C(NCc1cnn(-c2ccccc2)c1)NCC1CCCO1. The highest BCUT2D eigenvalue weighted by molar-refractivity contribution is 5.79. The van der Waals surface area contributed by atoms with Crippen LogP contribution >= 0.6 is 0 Å². The first-order chi connectivity index (χ1) is 11.3. The molecule has 1 aromatic carbocycles. The molecular formula is C17H23N5O. The Morgan fingerprint density at radius 2 is 2.22 bits per heavy atom. The Morgan fingerprint density at radius 1 is 1.35 bits per heavy atom. The van der Waals surface area contributed by atoms with Gasteiger partial charge >= 0.3 is 0 Å². The predicted octanol–water partition coefficient (Wildman–Crippen LogP) is 1.72. The van der Waals surface area contributed by atoms with Crippen molar-refractivity contribution in [2.45, 2.75) is 25.5 Å². The van der Waals surface area contributed by atoms with Gasteiger partial charge in [-0.15, -0.1) is 0 Å². The second-order valence-corrected chi connectivity index (χ2v) is 5.57. The summed E-state index contributed by atoms with van der Waals surface area (Å²) < 4.78 is 7.48. The van der Waals surface area contributed by atoms with Crippen LogP contribution in [0.2, 0.25) is 0 Å². The van der Waals surface area contributed by atoms with Crippen molar-refractivity contribution in [2.75, 3.05) is 20.2 Å². The van der Waals surface area contributed by atoms with E-state index in [1.165, 1.54) is 0 Å². The van der Waals surface area contributed by atoms with Crippen molar-refractivity contribution in [3.63, 3.8) is 0 Å². The summed E-state index contributed by atoms with van der Waals surface area (Å²) in [5.41, 5.74) is 2.16. The summed E-state index contributed by atoms with van der Waals surface area (Å²) in [6.45, 7) is 2.35. The molecule has 3 rings (SSSR count). The van der Waals surface area contributed by atoms with Crippen LogP contribution in [0, 0.1) is 0 Å². The first kappa shape index (κ1) is 15.6. The maximum absolute atomic E-state index is 5.60. The van der Waals surface area contributed by atoms with Crippen molar-refractivity contribution >= 4 is 5.96 Å². The van der Waals surface area contributed by atoms with Gasteiger partial charge in [-0.3, -0.25) is 4.99 Å². The first-order valence-electron chi connectivity index (χ1n) is 8.00. The highest BCUT2D eigenvalue weighted by Crippen LogP contribution is 2.10. The zero-order chi connectivity index (χ0) is 15.9. The molecule has 2 aromatic rings. The molecule has 2 heterocycles. The van der Waals surface area contributed by atoms with Crippen LogP contribution in [0.25, 0.3) is 5.69 Å². The Kier molecular flexibility index (Phi) is 5.26. The van der Waals surface area contributed by atoms with Gasteiger partial charge in [-0.1, -0.05) is 18.2 Å². The standard InChI is InChI=1S/C17H23N5O/c1-18-17(20-12-16-8-5-9-23-16)19-10-14-11-21-22(13-14)15-6-3-2-4-7-15/h2-4,6-7,11,13,16H,5,8-10,12H2,1H3,(H2,18,19,20). The molecule has 2 N–H and O–H groups in total. The third-order valence-corrected chi connectivity index (χ3v) is 3.86. The Morgan fingerprint density at radius 3 is 2.96 bits per heavy atom. The van der Waals surface area contributed by atoms with Crippen LogP contribution in [0.1, 0.15) is 18.4 Å². The van der Waals surface area contributed by atoms with Gasteiger partial charge < -0.3 is 15.4 Å². The number of aliphatic imine (C=N–C) groups is 1. The lowest BCUT2D eigenvalue weighted by Gasteiger charge is -2.14. The summed E-state index contributed by atoms with van der Waals surface area (Å²) in [6.07, 6.45) is 6.46. The van der Waals surface area contributed by atoms with E-state index in [0.717, 1.165) is 43.2 Å². The molecule has 1 fully saturated rings. The molecule has 0 bridgehead atoms. The number of hydrogen-bond acceptors (Lipinski definition) is 3. The molecule has 1 aliphatic rings. The monoisotopic (exact) mass is 313 g/mol. The fourth-order valence-corrected chi connectivity index (χ4v) is 2.60. The molecule has 1 saturated heterocycles. The molecule has 1 atom stereocenters. The second-order valence-electron chi connectivity index (χ2n) is 5.57. The van der Waals surface area contributed by atoms with E-state index in [2.05, 4.69) is 20.7 Å². The third-order valence-electron chi connectivity index (χ3n) is 3.86. The van der Waals surface area contributed by atoms with Gasteiger partial charge in [0.2, 0.25) is 0 Å². The zero-order valence-electron chi connectivity index (χ0n) is 13.4. The summed E-state index contributed by atoms with van der Waals surface area (Å²) in [4.78, 5) is 4.24. The topological polar surface area (TPSA) is 63.5 Å². The number of aromatic nitrogens is 2. The van der Waals surface area contributed by atoms with Crippen molar-refractivity contribution in [3.05, 3.63) is 48.3 Å². The van der Waals surface area contributed by atoms with Crippen LogP contribution in [0.4, 0.5) is 0 Å². The van der Waals surface area contributed by atoms with Gasteiger partial charge in [0.15, 0.2) is 5.96 Å². The molecule has 0 amide bonds. The lowest BCUT2D eigenvalue weighted by molar-refractivity contribution is 0.114. The molecule has 1 unspecified atom stereocenters. The molecule has 1 aromatic heterocycles. The number of guanidine groups is 1. The average molecular weight is 313 g/mol. The van der Waals surface area contributed by atoms with E-state index in [9.17, 15) is 0 Å². The minimum absolute atomic E-state index is 0.300. The number of nitrogens with one attached hydrogen (secondary N) is 2. The third kappa shape index (κ3) is 4.32. The summed E-state index contributed by atoms with van der Waals surface area (Å²) >= 11 is 0. The number of hydrogen-bond donors (Lipinski definition) is 2. The van der Waals surface area contributed by atoms with E-state index < -0.39 is 0 Å². The highest BCUT2D eigenvalue weighted by Gasteiger charge is 2.15. The lowest BCUT2D eigenvalue weighted by Crippen LogP contribution is -2.40. The van der Waals surface area contributed by atoms with Gasteiger partial charge in [-0.25, -0.2) is 4.68 Å². The van der Waals surface area contributed by atoms with Crippen LogP contribution in [0.15, 0.2) is 47.7 Å². The Hall–Kier alpha value is -2.34. The highest BCUT2D eigenvalue weighted by atomic mass is 16.5. The number of para-hydroxylation sites is 1. The molecule has 6 heteroatoms. The minimum Gasteiger partial charge on any atom is -0.376 e. The van der Waals surface area contributed by atoms with Gasteiger partial charge in [0.1, 0.15) is 0 Å². The van der Waals surface area contributed by atoms with Gasteiger partial charge in [0.25, 0.3) is 0 Å². The van der Waals surface area contributed by atoms with E-state index in [1.54, 1.807) is 7.05 Å². The van der Waals surface area contributed by atoms with Crippen LogP contribution in [0.5, 0.6) is 0 Å². The molecule has 1 aliphatic heterocycles. The predicted molar refractivity (Wildman–Crippen MR) is 90.7 cm³/mol. The summed E-state index contributed by atoms with van der Waals surface area (Å²) in [5.74, 6) is 0.785. The van der Waals surface area contributed by atoms with Crippen LogP contribution in [-0.4, -0.2) is 42.0 Å². The largest absolute Gasteiger partial charge is 0.376 e. The Labute approximate surface area is 136 Å². The van der Waals surface area contributed by atoms with Crippen molar-refractivity contribution < 1.29 is 4.74 Å². The number of rotatable bonds is 5. The first-order valence-corrected chi connectivity index (χ1v) is 8.00. The second kappa shape index (κ2) is 7.78. The summed E-state index contributed by atoms with van der Waals surface area (Å²) in [6, 6.07) is 10.1. The Bertz CT molecular complexity index is 631. The van der Waals surface area contributed by atoms with E-state index >= 15 is 0 Å². The maximum atomic E-state index is 5.60. The van der Waals surface area contributed by atoms with Gasteiger partial charge in [-0.05, 0) is 25.0 Å². The van der Waals surface area contributed by atoms with E-state index in [0.29, 0.717) is 12.6 Å². The zero-order valence-corrected chi connectivity index (χ0v) is 13.4. The molecule has 0 aliphatic carbocycles. The number of ether oxygens (including phenoxy) is 1. The van der Waals surface area contributed by atoms with Crippen molar-refractivity contribution in [1.29, 1.82) is 0 Å². The normalized spacial score (nSPS) is 18.1. The van der Waals surface area contributed by atoms with Crippen molar-refractivity contribution in [2.24, 2.45) is 4.99 Å². The molecule has 0 saturated carbocycles. The average Bonchev–Trinajstić information content (AvgIpc) is 3.27. The molecular weight excluding hydrogens is 290 g/mol. The fourth-order valence-electron chi connectivity index (χ4n) is 2.60. The van der Waals surface area contributed by atoms with E-state index in [1.807, 2.05) is 47.4 Å². The Balaban J connectivity index is 1.50. The smallest absolute Gasteiger partial charge is 0.191 e. The van der Waals surface area contributed by atoms with Gasteiger partial charge in [0, 0.05) is 38.5 Å². The van der Waals surface area contributed by atoms with Crippen LogP contribution in [-0.2, 0) is 11.3 Å². The molecule has 122 valence electrons. The number of nitrogens with zero attached hydrogens (tertiary/aromatic N) is 3. The fraction of sp³-hybridized carbons (Fsp3) is 0.412. The van der Waals surface area contributed by atoms with Gasteiger partial charge in [0.05, 0.1) is 18.0 Å². The minimum atomic E-state index is 0.300. The van der Waals surface area contributed by atoms with Crippen molar-refractivity contribution in [1.82, 2.24) is 20.4 Å². The van der Waals surface area contributed by atoms with Gasteiger partial charge in [-0.2, -0.15) is 5.10 Å². The summed E-state index contributed by atoms with van der Waals surface area (Å²) in [5, 5.41) is 11.0. The summed E-state index contributed by atoms with van der Waals surface area (Å²) in [7, 11) is 1.78. The molecule has 0 radical (unpaired) electrons. The van der Waals surface area contributed by atoms with E-state index in [4.69, 9.17) is 4.74 Å². The van der Waals surface area contributed by atoms with E-state index in [-0.39, 0.29) is 0 Å². The van der Waals surface area contributed by atoms with Crippen LogP contribution in [0.3, 0.4) is 0 Å². The molecule has 23 heavy (non-hydrogen) atoms. The molecule has 6 nitrogen and oxygen atoms in total. The maximum Gasteiger partial charge on any atom is 0.191 e.